The Hall–Kier alpha value is -2.44. The number of anilines is 1. The predicted molar refractivity (Wildman–Crippen MR) is 124 cm³/mol. The number of carbonyl (C=O) groups excluding carboxylic acids is 1. The lowest BCUT2D eigenvalue weighted by molar-refractivity contribution is -0.109. The summed E-state index contributed by atoms with van der Waals surface area (Å²) in [5, 5.41) is 1.13. The summed E-state index contributed by atoms with van der Waals surface area (Å²) in [6.07, 6.45) is 1.89. The van der Waals surface area contributed by atoms with Crippen molar-refractivity contribution in [1.82, 2.24) is 9.88 Å². The number of fused-ring (bicyclic) bond motifs is 1. The van der Waals surface area contributed by atoms with Crippen LogP contribution >= 0.6 is 11.3 Å². The van der Waals surface area contributed by atoms with E-state index < -0.39 is 0 Å². The van der Waals surface area contributed by atoms with E-state index in [1.165, 1.54) is 15.8 Å². The van der Waals surface area contributed by atoms with Crippen LogP contribution in [0.1, 0.15) is 30.0 Å². The van der Waals surface area contributed by atoms with Gasteiger partial charge >= 0.3 is 0 Å². The zero-order valence-corrected chi connectivity index (χ0v) is 18.7. The highest BCUT2D eigenvalue weighted by Crippen LogP contribution is 2.31. The maximum Gasteiger partial charge on any atom is 0.186 e. The summed E-state index contributed by atoms with van der Waals surface area (Å²) in [7, 11) is 0. The Balaban J connectivity index is 1.47. The Bertz CT molecular complexity index is 1030. The summed E-state index contributed by atoms with van der Waals surface area (Å²) >= 11 is 1.80. The second kappa shape index (κ2) is 9.14. The number of aromatic nitrogens is 1. The van der Waals surface area contributed by atoms with Crippen molar-refractivity contribution in [2.24, 2.45) is 0 Å². The van der Waals surface area contributed by atoms with Gasteiger partial charge in [0.1, 0.15) is 12.4 Å². The zero-order valence-electron chi connectivity index (χ0n) is 17.9. The fourth-order valence-electron chi connectivity index (χ4n) is 4.18. The van der Waals surface area contributed by atoms with E-state index in [0.29, 0.717) is 6.04 Å². The minimum atomic E-state index is 0.0981. The largest absolute Gasteiger partial charge is 0.486 e. The number of aryl methyl sites for hydroxylation is 2. The number of aldehydes is 1. The first kappa shape index (κ1) is 20.8. The van der Waals surface area contributed by atoms with Crippen molar-refractivity contribution in [3.8, 4) is 5.75 Å². The van der Waals surface area contributed by atoms with Gasteiger partial charge in [-0.05, 0) is 61.2 Å². The standard InChI is InChI=1S/C24H29N3O2S/c1-4-20-16-27(24-25-22-6-5-17(2)13-23(22)30-24)8-7-26(20)15-19-11-18(3)12-21(14-19)29-10-9-28/h5-6,9,11-14,20H,4,7-8,10,15-16H2,1-3H3. The summed E-state index contributed by atoms with van der Waals surface area (Å²) < 4.78 is 6.80. The summed E-state index contributed by atoms with van der Waals surface area (Å²) in [5.74, 6) is 0.772. The number of benzene rings is 2. The van der Waals surface area contributed by atoms with Crippen molar-refractivity contribution in [2.75, 3.05) is 31.1 Å². The van der Waals surface area contributed by atoms with Crippen molar-refractivity contribution in [1.29, 1.82) is 0 Å². The van der Waals surface area contributed by atoms with Crippen LogP contribution in [-0.4, -0.2) is 48.5 Å². The number of thiazole rings is 1. The van der Waals surface area contributed by atoms with Crippen LogP contribution in [-0.2, 0) is 11.3 Å². The van der Waals surface area contributed by atoms with Crippen LogP contribution < -0.4 is 9.64 Å². The molecule has 2 aromatic carbocycles. The molecule has 1 aromatic heterocycles. The normalized spacial score (nSPS) is 17.4. The molecule has 0 aliphatic carbocycles. The average molecular weight is 424 g/mol. The molecule has 1 unspecified atom stereocenters. The van der Waals surface area contributed by atoms with E-state index >= 15 is 0 Å². The first-order valence-electron chi connectivity index (χ1n) is 10.6. The molecule has 1 aliphatic rings. The minimum Gasteiger partial charge on any atom is -0.486 e. The molecule has 30 heavy (non-hydrogen) atoms. The van der Waals surface area contributed by atoms with E-state index in [1.54, 1.807) is 11.3 Å². The molecule has 1 saturated heterocycles. The van der Waals surface area contributed by atoms with Crippen LogP contribution in [0.3, 0.4) is 0 Å². The Kier molecular flexibility index (Phi) is 6.35. The van der Waals surface area contributed by atoms with E-state index in [9.17, 15) is 4.79 Å². The molecular weight excluding hydrogens is 394 g/mol. The van der Waals surface area contributed by atoms with Gasteiger partial charge in [0.2, 0.25) is 0 Å². The van der Waals surface area contributed by atoms with Gasteiger partial charge in [0.05, 0.1) is 10.2 Å². The average Bonchev–Trinajstić information content (AvgIpc) is 3.15. The van der Waals surface area contributed by atoms with Crippen molar-refractivity contribution in [3.63, 3.8) is 0 Å². The molecular formula is C24H29N3O2S. The van der Waals surface area contributed by atoms with Gasteiger partial charge < -0.3 is 9.64 Å². The van der Waals surface area contributed by atoms with Gasteiger partial charge in [0.15, 0.2) is 11.4 Å². The van der Waals surface area contributed by atoms with Crippen LogP contribution in [0.5, 0.6) is 5.75 Å². The number of rotatable bonds is 7. The molecule has 5 nitrogen and oxygen atoms in total. The summed E-state index contributed by atoms with van der Waals surface area (Å²) in [6, 6.07) is 13.2. The van der Waals surface area contributed by atoms with Gasteiger partial charge in [-0.15, -0.1) is 0 Å². The summed E-state index contributed by atoms with van der Waals surface area (Å²) in [4.78, 5) is 20.5. The third kappa shape index (κ3) is 4.65. The molecule has 3 aromatic rings. The summed E-state index contributed by atoms with van der Waals surface area (Å²) in [5.41, 5.74) is 4.77. The van der Waals surface area contributed by atoms with Crippen molar-refractivity contribution in [2.45, 2.75) is 39.8 Å². The SMILES string of the molecule is CCC1CN(c2nc3ccc(C)cc3s2)CCN1Cc1cc(C)cc(OCC=O)c1. The Labute approximate surface area is 182 Å². The van der Waals surface area contributed by atoms with E-state index in [4.69, 9.17) is 9.72 Å². The predicted octanol–water partition coefficient (Wildman–Crippen LogP) is 4.59. The van der Waals surface area contributed by atoms with Gasteiger partial charge in [-0.2, -0.15) is 0 Å². The van der Waals surface area contributed by atoms with E-state index in [0.717, 1.165) is 60.8 Å². The maximum atomic E-state index is 10.6. The van der Waals surface area contributed by atoms with Crippen molar-refractivity contribution < 1.29 is 9.53 Å². The lowest BCUT2D eigenvalue weighted by Gasteiger charge is -2.41. The molecule has 0 saturated carbocycles. The van der Waals surface area contributed by atoms with Crippen molar-refractivity contribution >= 4 is 33.0 Å². The number of hydrogen-bond donors (Lipinski definition) is 0. The fraction of sp³-hybridized carbons (Fsp3) is 0.417. The van der Waals surface area contributed by atoms with Crippen molar-refractivity contribution in [3.05, 3.63) is 53.1 Å². The first-order valence-corrected chi connectivity index (χ1v) is 11.4. The molecule has 0 bridgehead atoms. The lowest BCUT2D eigenvalue weighted by atomic mass is 10.1. The molecule has 0 amide bonds. The highest BCUT2D eigenvalue weighted by molar-refractivity contribution is 7.22. The number of ether oxygens (including phenoxy) is 1. The third-order valence-corrected chi connectivity index (χ3v) is 6.77. The monoisotopic (exact) mass is 423 g/mol. The van der Waals surface area contributed by atoms with Crippen LogP contribution in [0.15, 0.2) is 36.4 Å². The molecule has 0 N–H and O–H groups in total. The second-order valence-electron chi connectivity index (χ2n) is 8.08. The Morgan fingerprint density at radius 3 is 2.83 bits per heavy atom. The number of nitrogens with zero attached hydrogens (tertiary/aromatic N) is 3. The van der Waals surface area contributed by atoms with Gasteiger partial charge in [-0.1, -0.05) is 30.4 Å². The molecule has 1 aliphatic heterocycles. The van der Waals surface area contributed by atoms with E-state index in [-0.39, 0.29) is 6.61 Å². The molecule has 4 rings (SSSR count). The quantitative estimate of drug-likeness (QED) is 0.520. The zero-order chi connectivity index (χ0) is 21.1. The Morgan fingerprint density at radius 1 is 1.17 bits per heavy atom. The third-order valence-electron chi connectivity index (χ3n) is 5.69. The smallest absolute Gasteiger partial charge is 0.186 e. The molecule has 0 spiro atoms. The highest BCUT2D eigenvalue weighted by Gasteiger charge is 2.27. The van der Waals surface area contributed by atoms with E-state index in [2.05, 4.69) is 60.9 Å². The van der Waals surface area contributed by atoms with Gasteiger partial charge in [-0.25, -0.2) is 4.98 Å². The molecule has 2 heterocycles. The van der Waals surface area contributed by atoms with Gasteiger partial charge in [-0.3, -0.25) is 9.69 Å². The molecule has 1 atom stereocenters. The van der Waals surface area contributed by atoms with Gasteiger partial charge in [0.25, 0.3) is 0 Å². The molecule has 158 valence electrons. The molecule has 0 radical (unpaired) electrons. The van der Waals surface area contributed by atoms with Gasteiger partial charge in [0, 0.05) is 32.2 Å². The fourth-order valence-corrected chi connectivity index (χ4v) is 5.28. The second-order valence-corrected chi connectivity index (χ2v) is 9.09. The topological polar surface area (TPSA) is 45.7 Å². The Morgan fingerprint density at radius 2 is 2.03 bits per heavy atom. The van der Waals surface area contributed by atoms with Crippen LogP contribution in [0.4, 0.5) is 5.13 Å². The highest BCUT2D eigenvalue weighted by atomic mass is 32.1. The van der Waals surface area contributed by atoms with Crippen LogP contribution in [0.2, 0.25) is 0 Å². The van der Waals surface area contributed by atoms with Crippen LogP contribution in [0.25, 0.3) is 10.2 Å². The maximum absolute atomic E-state index is 10.6. The minimum absolute atomic E-state index is 0.0981. The van der Waals surface area contributed by atoms with E-state index in [1.807, 2.05) is 6.07 Å². The number of carbonyl (C=O) groups is 1. The number of piperazine rings is 1. The lowest BCUT2D eigenvalue weighted by Crippen LogP contribution is -2.52. The summed E-state index contributed by atoms with van der Waals surface area (Å²) in [6.45, 7) is 10.4. The molecule has 1 fully saturated rings. The molecule has 6 heteroatoms. The number of hydrogen-bond acceptors (Lipinski definition) is 6. The van der Waals surface area contributed by atoms with Crippen LogP contribution in [0, 0.1) is 13.8 Å². The first-order chi connectivity index (χ1) is 14.6.